The van der Waals surface area contributed by atoms with Crippen molar-refractivity contribution in [3.05, 3.63) is 65.8 Å². The van der Waals surface area contributed by atoms with Gasteiger partial charge < -0.3 is 10.4 Å². The number of benzene rings is 1. The Bertz CT molecular complexity index is 1710. The summed E-state index contributed by atoms with van der Waals surface area (Å²) < 4.78 is 23.6. The summed E-state index contributed by atoms with van der Waals surface area (Å²) in [7, 11) is -2.84. The molecule has 7 rings (SSSR count). The molecule has 1 aliphatic heterocycles. The van der Waals surface area contributed by atoms with Crippen LogP contribution in [-0.2, 0) is 9.84 Å². The second kappa shape index (κ2) is 13.5. The van der Waals surface area contributed by atoms with Crippen molar-refractivity contribution in [1.29, 1.82) is 0 Å². The van der Waals surface area contributed by atoms with Crippen LogP contribution in [-0.4, -0.2) is 68.6 Å². The van der Waals surface area contributed by atoms with E-state index >= 15 is 0 Å². The van der Waals surface area contributed by atoms with Crippen molar-refractivity contribution in [2.24, 2.45) is 56.7 Å². The molecule has 5 aliphatic carbocycles. The molecule has 0 bridgehead atoms. The molecule has 286 valence electrons. The van der Waals surface area contributed by atoms with Gasteiger partial charge in [-0.15, -0.1) is 0 Å². The number of allylic oxidation sites excluding steroid dienone is 3. The number of sulfone groups is 1. The lowest BCUT2D eigenvalue weighted by molar-refractivity contribution is -0.225. The van der Waals surface area contributed by atoms with E-state index in [0.29, 0.717) is 58.6 Å². The Balaban J connectivity index is 1.09. The molecule has 7 heteroatoms. The van der Waals surface area contributed by atoms with Gasteiger partial charge >= 0.3 is 5.97 Å². The topological polar surface area (TPSA) is 86.7 Å². The number of aromatic carboxylic acids is 1. The zero-order valence-corrected chi connectivity index (χ0v) is 33.8. The monoisotopic (exact) mass is 730 g/mol. The molecule has 0 spiro atoms. The molecule has 52 heavy (non-hydrogen) atoms. The molecule has 2 N–H and O–H groups in total. The second-order valence-corrected chi connectivity index (χ2v) is 21.8. The van der Waals surface area contributed by atoms with Crippen molar-refractivity contribution in [2.45, 2.75) is 99.3 Å². The molecule has 1 aromatic rings. The van der Waals surface area contributed by atoms with E-state index in [2.05, 4.69) is 76.6 Å². The van der Waals surface area contributed by atoms with Gasteiger partial charge in [0, 0.05) is 32.7 Å². The molecule has 0 unspecified atom stereocenters. The number of carbonyl (C=O) groups is 1. The van der Waals surface area contributed by atoms with Crippen LogP contribution < -0.4 is 5.32 Å². The van der Waals surface area contributed by atoms with E-state index in [9.17, 15) is 18.3 Å². The predicted octanol–water partition coefficient (Wildman–Crippen LogP) is 8.91. The van der Waals surface area contributed by atoms with Gasteiger partial charge in [-0.3, -0.25) is 4.90 Å². The van der Waals surface area contributed by atoms with Crippen molar-refractivity contribution in [3.8, 4) is 0 Å². The van der Waals surface area contributed by atoms with E-state index in [1.54, 1.807) is 12.1 Å². The number of nitrogens with one attached hydrogen (secondary N) is 1. The molecule has 1 aromatic carbocycles. The molecular formula is C45H66N2O4S. The van der Waals surface area contributed by atoms with Crippen LogP contribution in [0.15, 0.2) is 54.6 Å². The largest absolute Gasteiger partial charge is 0.478 e. The molecule has 1 heterocycles. The van der Waals surface area contributed by atoms with Gasteiger partial charge in [-0.25, -0.2) is 13.2 Å². The van der Waals surface area contributed by atoms with E-state index in [1.165, 1.54) is 68.1 Å². The highest BCUT2D eigenvalue weighted by molar-refractivity contribution is 7.91. The molecule has 1 saturated heterocycles. The molecule has 0 aromatic heterocycles. The summed E-state index contributed by atoms with van der Waals surface area (Å²) in [6.07, 6.45) is 18.5. The average molecular weight is 731 g/mol. The van der Waals surface area contributed by atoms with Crippen LogP contribution >= 0.6 is 0 Å². The van der Waals surface area contributed by atoms with E-state index in [-0.39, 0.29) is 22.3 Å². The summed E-state index contributed by atoms with van der Waals surface area (Å²) in [6, 6.07) is 7.60. The van der Waals surface area contributed by atoms with Crippen LogP contribution in [0.25, 0.3) is 5.57 Å². The van der Waals surface area contributed by atoms with Crippen molar-refractivity contribution in [3.63, 3.8) is 0 Å². The van der Waals surface area contributed by atoms with Crippen molar-refractivity contribution < 1.29 is 18.3 Å². The highest BCUT2D eigenvalue weighted by atomic mass is 32.2. The summed E-state index contributed by atoms with van der Waals surface area (Å²) >= 11 is 0. The number of fused-ring (bicyclic) bond motifs is 7. The highest BCUT2D eigenvalue weighted by Crippen LogP contribution is 2.77. The minimum Gasteiger partial charge on any atom is -0.478 e. The Morgan fingerprint density at radius 1 is 0.923 bits per heavy atom. The molecule has 0 amide bonds. The molecule has 4 saturated carbocycles. The maximum atomic E-state index is 11.8. The molecule has 6 aliphatic rings. The van der Waals surface area contributed by atoms with E-state index in [1.807, 2.05) is 12.1 Å². The van der Waals surface area contributed by atoms with Crippen molar-refractivity contribution in [2.75, 3.05) is 44.2 Å². The second-order valence-electron chi connectivity index (χ2n) is 19.5. The zero-order valence-electron chi connectivity index (χ0n) is 33.0. The van der Waals surface area contributed by atoms with Gasteiger partial charge in [0.2, 0.25) is 0 Å². The number of carboxylic acids is 1. The number of rotatable bonds is 9. The fourth-order valence-electron chi connectivity index (χ4n) is 14.1. The van der Waals surface area contributed by atoms with Crippen LogP contribution in [0.1, 0.15) is 115 Å². The number of carboxylic acid groups (broad SMARTS) is 1. The van der Waals surface area contributed by atoms with Gasteiger partial charge in [0.05, 0.1) is 17.1 Å². The lowest BCUT2D eigenvalue weighted by atomic mass is 9.32. The van der Waals surface area contributed by atoms with Crippen molar-refractivity contribution >= 4 is 21.4 Å². The average Bonchev–Trinajstić information content (AvgIpc) is 3.47. The van der Waals surface area contributed by atoms with E-state index < -0.39 is 15.8 Å². The first kappa shape index (κ1) is 38.1. The van der Waals surface area contributed by atoms with Gasteiger partial charge in [0.1, 0.15) is 0 Å². The maximum Gasteiger partial charge on any atom is 0.335 e. The molecule has 5 fully saturated rings. The maximum absolute atomic E-state index is 11.8. The number of nitrogens with zero attached hydrogens (tertiary/aromatic N) is 1. The van der Waals surface area contributed by atoms with Crippen molar-refractivity contribution in [1.82, 2.24) is 10.2 Å². The van der Waals surface area contributed by atoms with Gasteiger partial charge in [0.15, 0.2) is 9.84 Å². The first-order valence-corrected chi connectivity index (χ1v) is 22.3. The van der Waals surface area contributed by atoms with E-state index in [0.717, 1.165) is 32.0 Å². The lowest BCUT2D eigenvalue weighted by Gasteiger charge is -2.72. The van der Waals surface area contributed by atoms with E-state index in [4.69, 9.17) is 0 Å². The van der Waals surface area contributed by atoms with Crippen LogP contribution in [0.5, 0.6) is 0 Å². The van der Waals surface area contributed by atoms with Crippen LogP contribution in [0.3, 0.4) is 0 Å². The quantitative estimate of drug-likeness (QED) is 0.195. The molecular weight excluding hydrogens is 665 g/mol. The number of hydrogen-bond acceptors (Lipinski definition) is 5. The third-order valence-electron chi connectivity index (χ3n) is 17.0. The summed E-state index contributed by atoms with van der Waals surface area (Å²) in [4.78, 5) is 13.8. The predicted molar refractivity (Wildman–Crippen MR) is 213 cm³/mol. The molecule has 6 nitrogen and oxygen atoms in total. The standard InChI is InChI=1S/C45H66N2O4S/c1-31(2)34-16-21-45(30-46-24-8-9-25-47-26-28-52(50,51)29-27-47)23-22-43(6)36(39(34)45)14-15-38-42(5)19-17-35(32-10-12-33(13-11-32)40(48)49)41(3,4)37(42)18-20-44(38,43)7/h8-13,17,34,36-39,46H,1,14-16,18-30H2,2-7H3,(H,48,49)/t34-,36+,37-,38+,39+,42-,43+,44+,45+/m0/s1. The Hall–Kier alpha value is -2.22. The minimum absolute atomic E-state index is 0.0174. The fraction of sp³-hybridized carbons (Fsp3) is 0.711. The summed E-state index contributed by atoms with van der Waals surface area (Å²) in [5.41, 5.74) is 5.51. The fourth-order valence-corrected chi connectivity index (χ4v) is 15.4. The molecule has 0 radical (unpaired) electrons. The normalized spacial score (nSPS) is 41.0. The summed E-state index contributed by atoms with van der Waals surface area (Å²) in [6.45, 7) is 24.0. The third-order valence-corrected chi connectivity index (χ3v) is 18.6. The summed E-state index contributed by atoms with van der Waals surface area (Å²) in [5, 5.41) is 13.4. The summed E-state index contributed by atoms with van der Waals surface area (Å²) in [5.74, 6) is 2.99. The Labute approximate surface area is 314 Å². The Morgan fingerprint density at radius 3 is 2.31 bits per heavy atom. The SMILES string of the molecule is C=C(C)[C@@H]1CC[C@]2(CNCC=CCN3CCS(=O)(=O)CC3)CC[C@]3(C)[C@H](CC[C@@H]4[C@@]5(C)CC=C(c6ccc(C(=O)O)cc6)C(C)(C)[C@@H]5CC[C@]43C)[C@@H]12. The zero-order chi connectivity index (χ0) is 37.3. The third kappa shape index (κ3) is 6.11. The lowest BCUT2D eigenvalue weighted by Crippen LogP contribution is -2.65. The van der Waals surface area contributed by atoms with Gasteiger partial charge in [0.25, 0.3) is 0 Å². The molecule has 9 atom stereocenters. The Kier molecular flexibility index (Phi) is 9.89. The first-order chi connectivity index (χ1) is 24.5. The highest BCUT2D eigenvalue weighted by Gasteiger charge is 2.70. The first-order valence-electron chi connectivity index (χ1n) is 20.5. The van der Waals surface area contributed by atoms with Crippen LogP contribution in [0.2, 0.25) is 0 Å². The van der Waals surface area contributed by atoms with Gasteiger partial charge in [-0.1, -0.05) is 77.1 Å². The Morgan fingerprint density at radius 2 is 1.63 bits per heavy atom. The number of hydrogen-bond donors (Lipinski definition) is 2. The van der Waals surface area contributed by atoms with Crippen LogP contribution in [0.4, 0.5) is 0 Å². The van der Waals surface area contributed by atoms with Crippen LogP contribution in [0, 0.1) is 56.7 Å². The minimum atomic E-state index is -2.84. The van der Waals surface area contributed by atoms with Gasteiger partial charge in [-0.05, 0) is 145 Å². The smallest absolute Gasteiger partial charge is 0.335 e. The van der Waals surface area contributed by atoms with Gasteiger partial charge in [-0.2, -0.15) is 0 Å².